The van der Waals surface area contributed by atoms with Gasteiger partial charge in [0, 0.05) is 18.5 Å². The second kappa shape index (κ2) is 8.87. The molecular formula is C29H32F2N6O3. The number of carbonyl (C=O) groups excluding carboxylic acids is 1. The number of fused-ring (bicyclic) bond motifs is 3. The molecule has 0 unspecified atom stereocenters. The number of nitrogens with zero attached hydrogens (tertiary/aromatic N) is 5. The smallest absolute Gasteiger partial charge is 0.410 e. The largest absolute Gasteiger partial charge is 0.490 e. The molecule has 3 saturated carbocycles. The number of ether oxygens (including phenoxy) is 2. The minimum Gasteiger partial charge on any atom is -0.490 e. The Hall–Kier alpha value is -3.76. The van der Waals surface area contributed by atoms with Gasteiger partial charge in [-0.3, -0.25) is 0 Å². The number of likely N-dealkylation sites (tertiary alicyclic amines) is 1. The van der Waals surface area contributed by atoms with Gasteiger partial charge in [0.05, 0.1) is 29.9 Å². The van der Waals surface area contributed by atoms with Gasteiger partial charge in [-0.05, 0) is 76.6 Å². The molecule has 3 aromatic rings. The van der Waals surface area contributed by atoms with Gasteiger partial charge in [0.1, 0.15) is 23.3 Å². The number of amides is 1. The number of nitrogens with one attached hydrogen (secondary N) is 1. The highest BCUT2D eigenvalue weighted by molar-refractivity contribution is 5.88. The van der Waals surface area contributed by atoms with E-state index in [9.17, 15) is 9.18 Å². The van der Waals surface area contributed by atoms with Crippen LogP contribution in [0.5, 0.6) is 5.75 Å². The van der Waals surface area contributed by atoms with Crippen LogP contribution in [0, 0.1) is 23.0 Å². The van der Waals surface area contributed by atoms with Crippen molar-refractivity contribution in [3.8, 4) is 5.75 Å². The van der Waals surface area contributed by atoms with Crippen LogP contribution in [-0.4, -0.2) is 63.3 Å². The average molecular weight is 551 g/mol. The summed E-state index contributed by atoms with van der Waals surface area (Å²) >= 11 is 0. The Bertz CT molecular complexity index is 1490. The van der Waals surface area contributed by atoms with Gasteiger partial charge >= 0.3 is 6.09 Å². The Morgan fingerprint density at radius 1 is 1.07 bits per heavy atom. The normalized spacial score (nSPS) is 26.5. The second-order valence-corrected chi connectivity index (χ2v) is 12.7. The van der Waals surface area contributed by atoms with Crippen molar-refractivity contribution in [2.75, 3.05) is 29.9 Å². The van der Waals surface area contributed by atoms with Gasteiger partial charge in [0.25, 0.3) is 0 Å². The van der Waals surface area contributed by atoms with Crippen molar-refractivity contribution in [1.29, 1.82) is 0 Å². The summed E-state index contributed by atoms with van der Waals surface area (Å²) in [5.74, 6) is -0.354. The third-order valence-electron chi connectivity index (χ3n) is 8.63. The lowest BCUT2D eigenvalue weighted by Gasteiger charge is -2.61. The van der Waals surface area contributed by atoms with Gasteiger partial charge in [-0.1, -0.05) is 0 Å². The molecule has 3 aliphatic carbocycles. The van der Waals surface area contributed by atoms with Crippen LogP contribution in [-0.2, 0) is 4.74 Å². The summed E-state index contributed by atoms with van der Waals surface area (Å²) < 4.78 is 41.2. The van der Waals surface area contributed by atoms with E-state index in [4.69, 9.17) is 14.5 Å². The third kappa shape index (κ3) is 4.26. The minimum absolute atomic E-state index is 0.0365. The predicted octanol–water partition coefficient (Wildman–Crippen LogP) is 5.42. The molecule has 5 fully saturated rings. The highest BCUT2D eigenvalue weighted by atomic mass is 19.2. The van der Waals surface area contributed by atoms with Gasteiger partial charge < -0.3 is 24.6 Å². The van der Waals surface area contributed by atoms with E-state index in [2.05, 4.69) is 20.2 Å². The number of pyridine rings is 1. The minimum atomic E-state index is -1.03. The molecule has 1 aromatic carbocycles. The average Bonchev–Trinajstić information content (AvgIpc) is 3.47. The lowest BCUT2D eigenvalue weighted by atomic mass is 9.45. The first-order chi connectivity index (χ1) is 19.1. The molecule has 0 radical (unpaired) electrons. The van der Waals surface area contributed by atoms with E-state index >= 15 is 4.39 Å². The maximum absolute atomic E-state index is 15.1. The molecule has 2 saturated heterocycles. The summed E-state index contributed by atoms with van der Waals surface area (Å²) in [6.45, 7) is 7.18. The molecular weight excluding hydrogens is 518 g/mol. The fourth-order valence-electron chi connectivity index (χ4n) is 6.61. The van der Waals surface area contributed by atoms with Crippen molar-refractivity contribution in [1.82, 2.24) is 19.9 Å². The molecule has 5 aliphatic rings. The number of carbonyl (C=O) groups is 1. The monoisotopic (exact) mass is 550 g/mol. The Morgan fingerprint density at radius 2 is 1.88 bits per heavy atom. The van der Waals surface area contributed by atoms with E-state index in [0.717, 1.165) is 31.6 Å². The zero-order chi connectivity index (χ0) is 27.8. The Kier molecular flexibility index (Phi) is 5.59. The molecule has 1 amide bonds. The van der Waals surface area contributed by atoms with Crippen LogP contribution >= 0.6 is 0 Å². The van der Waals surface area contributed by atoms with E-state index in [0.29, 0.717) is 36.5 Å². The zero-order valence-electron chi connectivity index (χ0n) is 22.8. The van der Waals surface area contributed by atoms with Crippen molar-refractivity contribution in [3.05, 3.63) is 42.2 Å². The lowest BCUT2D eigenvalue weighted by Crippen LogP contribution is -2.55. The number of piperazine rings is 1. The topological polar surface area (TPSA) is 92.7 Å². The van der Waals surface area contributed by atoms with E-state index in [1.165, 1.54) is 18.5 Å². The maximum atomic E-state index is 15.1. The van der Waals surface area contributed by atoms with Gasteiger partial charge in [-0.2, -0.15) is 4.39 Å². The number of hydrogen-bond donors (Lipinski definition) is 1. The van der Waals surface area contributed by atoms with E-state index in [-0.39, 0.29) is 40.8 Å². The molecule has 4 bridgehead atoms. The van der Waals surface area contributed by atoms with Crippen molar-refractivity contribution >= 4 is 34.4 Å². The molecule has 2 atom stereocenters. The van der Waals surface area contributed by atoms with Crippen LogP contribution in [0.4, 0.5) is 30.9 Å². The number of rotatable bonds is 6. The van der Waals surface area contributed by atoms with Gasteiger partial charge in [0.2, 0.25) is 5.82 Å². The predicted molar refractivity (Wildman–Crippen MR) is 145 cm³/mol. The standard InChI is InChI=1S/C29H32F2N6O3/c1-28(2,3)40-27(38)37-13-17-8-18(37)12-36(17)22-7-5-20-25(35-22)26(33-15-32-20)34-19-4-6-21(24(31)23(19)30)39-14-29-9-16(10-29)11-29/h4-7,15-18H,8-14H2,1-3H3,(H,32,33,34)/t16?,17-,18-,29?/m0/s1. The van der Waals surface area contributed by atoms with Crippen LogP contribution in [0.3, 0.4) is 0 Å². The number of halogens is 2. The molecule has 2 aliphatic heterocycles. The molecule has 9 nitrogen and oxygen atoms in total. The summed E-state index contributed by atoms with van der Waals surface area (Å²) in [4.78, 5) is 30.0. The van der Waals surface area contributed by atoms with Crippen LogP contribution in [0.15, 0.2) is 30.6 Å². The highest BCUT2D eigenvalue weighted by Crippen LogP contribution is 2.64. The van der Waals surface area contributed by atoms with Gasteiger partial charge in [0.15, 0.2) is 17.4 Å². The number of aromatic nitrogens is 3. The third-order valence-corrected chi connectivity index (χ3v) is 8.63. The molecule has 210 valence electrons. The summed E-state index contributed by atoms with van der Waals surface area (Å²) in [6, 6.07) is 6.77. The van der Waals surface area contributed by atoms with Crippen molar-refractivity contribution in [3.63, 3.8) is 0 Å². The molecule has 0 spiro atoms. The van der Waals surface area contributed by atoms with Crippen molar-refractivity contribution < 1.29 is 23.0 Å². The summed E-state index contributed by atoms with van der Waals surface area (Å²) in [5.41, 5.74) is 0.566. The molecule has 11 heteroatoms. The fourth-order valence-corrected chi connectivity index (χ4v) is 6.61. The van der Waals surface area contributed by atoms with Crippen LogP contribution in [0.2, 0.25) is 0 Å². The van der Waals surface area contributed by atoms with E-state index in [1.807, 2.05) is 32.9 Å². The molecule has 4 heterocycles. The Morgan fingerprint density at radius 3 is 2.55 bits per heavy atom. The van der Waals surface area contributed by atoms with Crippen molar-refractivity contribution in [2.45, 2.75) is 64.1 Å². The summed E-state index contributed by atoms with van der Waals surface area (Å²) in [7, 11) is 0. The number of benzene rings is 1. The first-order valence-electron chi connectivity index (χ1n) is 13.8. The lowest BCUT2D eigenvalue weighted by molar-refractivity contribution is -0.132. The Balaban J connectivity index is 1.09. The van der Waals surface area contributed by atoms with Crippen molar-refractivity contribution in [2.24, 2.45) is 11.3 Å². The summed E-state index contributed by atoms with van der Waals surface area (Å²) in [5, 5.41) is 2.91. The number of anilines is 3. The first kappa shape index (κ1) is 25.2. The highest BCUT2D eigenvalue weighted by Gasteiger charge is 2.57. The first-order valence-corrected chi connectivity index (χ1v) is 13.8. The number of hydrogen-bond acceptors (Lipinski definition) is 8. The quantitative estimate of drug-likeness (QED) is 0.435. The second-order valence-electron chi connectivity index (χ2n) is 12.7. The van der Waals surface area contributed by atoms with Crippen LogP contribution in [0.25, 0.3) is 11.0 Å². The van der Waals surface area contributed by atoms with Gasteiger partial charge in [-0.15, -0.1) is 0 Å². The molecule has 1 N–H and O–H groups in total. The Labute approximate surface area is 230 Å². The molecule has 2 aromatic heterocycles. The summed E-state index contributed by atoms with van der Waals surface area (Å²) in [6.07, 6.45) is 5.25. The van der Waals surface area contributed by atoms with Crippen LogP contribution < -0.4 is 15.0 Å². The molecule has 8 rings (SSSR count). The fraction of sp³-hybridized carbons (Fsp3) is 0.517. The van der Waals surface area contributed by atoms with E-state index in [1.54, 1.807) is 4.90 Å². The van der Waals surface area contributed by atoms with Gasteiger partial charge in [-0.25, -0.2) is 24.1 Å². The van der Waals surface area contributed by atoms with E-state index < -0.39 is 17.2 Å². The maximum Gasteiger partial charge on any atom is 0.410 e. The SMILES string of the molecule is CC(C)(C)OC(=O)N1C[C@@H]2C[C@H]1CN2c1ccc2ncnc(Nc3ccc(OCC45CC(C4)C5)c(F)c3F)c2n1. The van der Waals surface area contributed by atoms with Crippen LogP contribution in [0.1, 0.15) is 46.5 Å². The molecule has 40 heavy (non-hydrogen) atoms. The zero-order valence-corrected chi connectivity index (χ0v) is 22.8.